The van der Waals surface area contributed by atoms with Crippen molar-refractivity contribution in [3.63, 3.8) is 0 Å². The van der Waals surface area contributed by atoms with Crippen LogP contribution in [0.15, 0.2) is 53.7 Å². The Hall–Kier alpha value is -8.39. The summed E-state index contributed by atoms with van der Waals surface area (Å²) in [6.45, 7) is 25.4. The summed E-state index contributed by atoms with van der Waals surface area (Å²) in [5, 5.41) is 31.3. The van der Waals surface area contributed by atoms with Gasteiger partial charge in [0.25, 0.3) is 0 Å². The van der Waals surface area contributed by atoms with Crippen LogP contribution in [0.5, 0.6) is 40.0 Å². The second-order valence-electron chi connectivity index (χ2n) is 37.2. The smallest absolute Gasteiger partial charge is 0.310 e. The SMILES string of the molecule is CC[C@@H]1C[C@]1(CC(=O)[C@@H]1C[C@@H](Oc2cc(OC3=NC=CC3)nc3c(Cl)c(OCCN4CCOCC4)ccc23)CN1C(=O)[C@@H](CC(=O)OC1C[C@@H]2C[C@@H]2C1)C(C)(C)C)C(=O)O.CC[C@@H]1C[C@]1(CC(=O)[C@@H]1C[C@@H](Oc2cc(Oc3nnc(C)s3)nc3c(Cl)c(OCCN4CCOCC4)ccc23)CN1C(=O)[C@@H](CC(=O)OC1C[C@@H]2C[C@@H]2C1)C(C)(C)C)C(=O)O. The molecule has 2 aromatic carbocycles. The Morgan fingerprint density at radius 1 is 0.570 bits per heavy atom. The van der Waals surface area contributed by atoms with Crippen LogP contribution in [0.1, 0.15) is 170 Å². The number of aromatic nitrogens is 4. The molecule has 654 valence electrons. The molecule has 6 aliphatic carbocycles. The van der Waals surface area contributed by atoms with E-state index in [0.29, 0.717) is 164 Å². The first-order valence-electron chi connectivity index (χ1n) is 43.2. The van der Waals surface area contributed by atoms with E-state index < -0.39 is 81.7 Å². The van der Waals surface area contributed by atoms with Gasteiger partial charge in [-0.25, -0.2) is 15.0 Å². The molecule has 121 heavy (non-hydrogen) atoms. The number of ether oxygens (including phenoxy) is 10. The second-order valence-corrected chi connectivity index (χ2v) is 39.1. The van der Waals surface area contributed by atoms with Gasteiger partial charge in [0.15, 0.2) is 11.6 Å². The Bertz CT molecular complexity index is 4790. The zero-order valence-corrected chi connectivity index (χ0v) is 72.9. The lowest BCUT2D eigenvalue weighted by Crippen LogP contribution is -2.48. The number of amides is 2. The molecule has 0 spiro atoms. The number of hydrogen-bond donors (Lipinski definition) is 2. The molecule has 0 bridgehead atoms. The highest BCUT2D eigenvalue weighted by Crippen LogP contribution is 2.60. The number of rotatable bonds is 33. The number of carbonyl (C=O) groups is 8. The molecule has 29 nitrogen and oxygen atoms in total. The quantitative estimate of drug-likeness (QED) is 0.0368. The second kappa shape index (κ2) is 36.4. The van der Waals surface area contributed by atoms with E-state index in [-0.39, 0.29) is 126 Å². The van der Waals surface area contributed by atoms with Crippen molar-refractivity contribution in [2.45, 2.75) is 208 Å². The van der Waals surface area contributed by atoms with Gasteiger partial charge in [-0.15, -0.1) is 5.10 Å². The highest BCUT2D eigenvalue weighted by molar-refractivity contribution is 7.13. The minimum Gasteiger partial charge on any atom is -0.491 e. The number of aryl methyl sites for hydroxylation is 1. The molecule has 8 heterocycles. The normalized spacial score (nSPS) is 28.3. The number of carboxylic acids is 2. The number of morpholine rings is 2. The summed E-state index contributed by atoms with van der Waals surface area (Å²) in [6.07, 6.45) is 9.88. The number of likely N-dealkylation sites (tertiary alicyclic amines) is 2. The highest BCUT2D eigenvalue weighted by Gasteiger charge is 2.63. The number of Topliss-reactive ketones (excluding diaryl/α,β-unsaturated/α-hetero) is 2. The first kappa shape index (κ1) is 87.5. The van der Waals surface area contributed by atoms with Crippen molar-refractivity contribution in [3.05, 3.63) is 63.7 Å². The summed E-state index contributed by atoms with van der Waals surface area (Å²) in [4.78, 5) is 132. The van der Waals surface area contributed by atoms with Crippen LogP contribution in [0.4, 0.5) is 0 Å². The molecule has 3 aromatic heterocycles. The van der Waals surface area contributed by atoms with Crippen LogP contribution in [-0.4, -0.2) is 232 Å². The Balaban J connectivity index is 0.000000188. The van der Waals surface area contributed by atoms with Gasteiger partial charge in [0, 0.05) is 100 Å². The third-order valence-corrected chi connectivity index (χ3v) is 28.3. The highest BCUT2D eigenvalue weighted by atomic mass is 35.5. The van der Waals surface area contributed by atoms with Crippen LogP contribution in [0.2, 0.25) is 10.0 Å². The average Bonchev–Trinajstić information content (AvgIpc) is 1.70. The lowest BCUT2D eigenvalue weighted by molar-refractivity contribution is -0.157. The molecule has 5 aliphatic heterocycles. The van der Waals surface area contributed by atoms with E-state index in [4.69, 9.17) is 80.5 Å². The largest absolute Gasteiger partial charge is 0.491 e. The number of ketones is 2. The zero-order valence-electron chi connectivity index (χ0n) is 70.6. The summed E-state index contributed by atoms with van der Waals surface area (Å²) in [6, 6.07) is 8.48. The minimum atomic E-state index is -1.16. The van der Waals surface area contributed by atoms with Crippen molar-refractivity contribution in [1.29, 1.82) is 0 Å². The summed E-state index contributed by atoms with van der Waals surface area (Å²) >= 11 is 15.3. The molecule has 2 unspecified atom stereocenters. The molecule has 2 N–H and O–H groups in total. The maximum absolute atomic E-state index is 14.8. The van der Waals surface area contributed by atoms with Crippen LogP contribution >= 0.6 is 34.5 Å². The minimum absolute atomic E-state index is 0.0200. The van der Waals surface area contributed by atoms with Crippen molar-refractivity contribution >= 4 is 110 Å². The molecule has 11 aliphatic rings. The van der Waals surface area contributed by atoms with Gasteiger partial charge in [0.2, 0.25) is 29.5 Å². The number of aliphatic carboxylic acids is 2. The summed E-state index contributed by atoms with van der Waals surface area (Å²) < 4.78 is 60.7. The fourth-order valence-electron chi connectivity index (χ4n) is 19.3. The van der Waals surface area contributed by atoms with Gasteiger partial charge in [-0.2, -0.15) is 0 Å². The summed E-state index contributed by atoms with van der Waals surface area (Å²) in [7, 11) is 0. The fourth-order valence-corrected chi connectivity index (χ4v) is 20.4. The number of nitrogens with zero attached hydrogens (tertiary/aromatic N) is 9. The van der Waals surface area contributed by atoms with E-state index >= 15 is 0 Å². The van der Waals surface area contributed by atoms with Crippen LogP contribution in [0, 0.1) is 75.9 Å². The predicted octanol–water partition coefficient (Wildman–Crippen LogP) is 13.3. The van der Waals surface area contributed by atoms with E-state index in [9.17, 15) is 48.6 Å². The van der Waals surface area contributed by atoms with Gasteiger partial charge in [-0.3, -0.25) is 48.2 Å². The number of fused-ring (bicyclic) bond motifs is 4. The standard InChI is InChI=1S/C45H57ClN4O10.C44H56ClN5O10S/c1-5-28-23-45(28,43(54)55)24-34(51)33-20-30(25-50(33)42(53)32(44(2,3)4)21-39(52)59-29-18-26-17-27(26)19-29)58-36-22-38(60-37-7-6-10-47-37)48-41-31(36)8-9-35(40(41)46)57-16-13-49-11-14-56-15-12-49;1-6-27-21-44(27,41(54)55)22-33(51)32-18-29(23-50(32)40(53)31(43(3,4)5)19-37(52)59-28-16-25-15-26(25)17-28)58-35-20-36(60-42-48-47-24(2)61-42)46-39-30(35)7-8-34(38(39)45)57-14-11-49-9-12-56-13-10-49/h6,8-10,22,26-30,32-33H,5,7,11-21,23-25H2,1-4H3,(H,54,55);7-8,20,25-29,31-32H,6,9-19,21-23H2,1-5H3,(H,54,55)/t26-,27+,28-,29?,30-,32-,33+,45-;25-,26+,27-,28?,29-,31-,32+,44-/m11/s1. The van der Waals surface area contributed by atoms with Crippen LogP contribution < -0.4 is 28.4 Å². The van der Waals surface area contributed by atoms with Crippen LogP contribution in [0.25, 0.3) is 21.8 Å². The zero-order chi connectivity index (χ0) is 85.6. The molecule has 2 amide bonds. The van der Waals surface area contributed by atoms with Crippen molar-refractivity contribution in [2.75, 3.05) is 92.0 Å². The molecular formula is C89H113Cl2N9O20S. The number of carboxylic acid groups (broad SMARTS) is 2. The topological polar surface area (TPSA) is 346 Å². The molecule has 16 rings (SSSR count). The molecule has 6 saturated carbocycles. The molecule has 0 radical (unpaired) electrons. The average molecular weight is 1730 g/mol. The fraction of sp³-hybridized carbons (Fsp3) is 0.652. The van der Waals surface area contributed by atoms with Gasteiger partial charge in [-0.1, -0.05) is 114 Å². The van der Waals surface area contributed by atoms with E-state index in [1.807, 2.05) is 74.5 Å². The van der Waals surface area contributed by atoms with Crippen LogP contribution in [0.3, 0.4) is 0 Å². The maximum Gasteiger partial charge on any atom is 0.310 e. The van der Waals surface area contributed by atoms with E-state index in [1.54, 1.807) is 36.5 Å². The lowest BCUT2D eigenvalue weighted by Gasteiger charge is -2.35. The molecular weight excluding hydrogens is 1620 g/mol. The number of benzene rings is 2. The maximum atomic E-state index is 14.8. The summed E-state index contributed by atoms with van der Waals surface area (Å²) in [5.41, 5.74) is -2.90. The van der Waals surface area contributed by atoms with Gasteiger partial charge >= 0.3 is 29.1 Å². The van der Waals surface area contributed by atoms with Gasteiger partial charge in [-0.05, 0) is 129 Å². The predicted molar refractivity (Wildman–Crippen MR) is 447 cm³/mol. The molecule has 10 fully saturated rings. The third-order valence-electron chi connectivity index (χ3n) is 26.8. The third kappa shape index (κ3) is 20.2. The molecule has 5 aromatic rings. The number of esters is 2. The number of hydrogen-bond acceptors (Lipinski definition) is 26. The molecule has 32 heteroatoms. The molecule has 16 atom stereocenters. The number of carbonyl (C=O) groups excluding carboxylic acids is 6. The van der Waals surface area contributed by atoms with Crippen molar-refractivity contribution in [2.24, 2.45) is 74.0 Å². The first-order valence-corrected chi connectivity index (χ1v) is 44.8. The monoisotopic (exact) mass is 1730 g/mol. The van der Waals surface area contributed by atoms with Gasteiger partial charge < -0.3 is 67.4 Å². The Kier molecular flexibility index (Phi) is 26.3. The Labute approximate surface area is 718 Å². The first-order chi connectivity index (χ1) is 57.8. The lowest BCUT2D eigenvalue weighted by atomic mass is 9.77. The van der Waals surface area contributed by atoms with Crippen molar-refractivity contribution in [1.82, 2.24) is 39.8 Å². The molecule has 4 saturated heterocycles. The summed E-state index contributed by atoms with van der Waals surface area (Å²) in [5.74, 6) is -1.18. The number of pyridine rings is 2. The number of halogens is 2. The Morgan fingerprint density at radius 2 is 1.00 bits per heavy atom. The van der Waals surface area contributed by atoms with E-state index in [1.165, 1.54) is 34.0 Å². The number of aliphatic imine (C=N–C) groups is 1. The van der Waals surface area contributed by atoms with Crippen molar-refractivity contribution in [3.8, 4) is 40.0 Å². The van der Waals surface area contributed by atoms with Gasteiger partial charge in [0.1, 0.15) is 86.7 Å². The van der Waals surface area contributed by atoms with E-state index in [2.05, 4.69) is 25.0 Å². The van der Waals surface area contributed by atoms with Crippen molar-refractivity contribution < 1.29 is 95.9 Å². The van der Waals surface area contributed by atoms with Crippen LogP contribution in [-0.2, 0) is 57.3 Å². The van der Waals surface area contributed by atoms with Gasteiger partial charge in [0.05, 0.1) is 87.1 Å². The Morgan fingerprint density at radius 3 is 1.37 bits per heavy atom. The van der Waals surface area contributed by atoms with E-state index in [0.717, 1.165) is 51.9 Å².